The van der Waals surface area contributed by atoms with E-state index in [0.717, 1.165) is 5.69 Å². The Kier molecular flexibility index (Phi) is 6.53. The summed E-state index contributed by atoms with van der Waals surface area (Å²) >= 11 is 0. The lowest BCUT2D eigenvalue weighted by molar-refractivity contribution is 1.18. The molecule has 0 unspecified atom stereocenters. The zero-order valence-electron chi connectivity index (χ0n) is 27.4. The molecule has 0 saturated heterocycles. The van der Waals surface area contributed by atoms with Gasteiger partial charge in [-0.25, -0.2) is 0 Å². The van der Waals surface area contributed by atoms with Gasteiger partial charge in [0.15, 0.2) is 0 Å². The highest BCUT2D eigenvalue weighted by Crippen LogP contribution is 2.39. The molecule has 2 aromatic heterocycles. The second-order valence-electron chi connectivity index (χ2n) is 13.0. The summed E-state index contributed by atoms with van der Waals surface area (Å²) in [5.41, 5.74) is 14.5. The number of nitrogens with zero attached hydrogens (tertiary/aromatic N) is 2. The van der Waals surface area contributed by atoms with Crippen LogP contribution in [0.2, 0.25) is 0 Å². The van der Waals surface area contributed by atoms with Crippen LogP contribution in [0.1, 0.15) is 0 Å². The van der Waals surface area contributed by atoms with Crippen molar-refractivity contribution in [2.24, 2.45) is 0 Å². The molecule has 8 aromatic carbocycles. The first-order valence-corrected chi connectivity index (χ1v) is 17.2. The second-order valence-corrected chi connectivity index (χ2v) is 13.0. The number of para-hydroxylation sites is 3. The molecule has 234 valence electrons. The largest absolute Gasteiger partial charge is 0.309 e. The topological polar surface area (TPSA) is 9.86 Å². The third-order valence-corrected chi connectivity index (χ3v) is 10.1. The lowest BCUT2D eigenvalue weighted by atomic mass is 9.94. The Labute approximate surface area is 290 Å². The van der Waals surface area contributed by atoms with Crippen LogP contribution in [0.3, 0.4) is 0 Å². The van der Waals surface area contributed by atoms with Crippen LogP contribution in [0.5, 0.6) is 0 Å². The standard InChI is InChI=1S/C48H32N2/c1-3-14-33(15-4-1)39-20-7-8-21-40(39)36-16-13-19-38(30-36)50-46-25-12-10-23-42(46)44-32-35(27-29-48(44)50)34-26-28-47-43(31-34)41-22-9-11-24-45(41)49(47)37-17-5-2-6-18-37/h1-32H. The van der Waals surface area contributed by atoms with Gasteiger partial charge in [0.05, 0.1) is 22.1 Å². The molecular formula is C48H32N2. The van der Waals surface area contributed by atoms with Crippen LogP contribution in [0.4, 0.5) is 0 Å². The van der Waals surface area contributed by atoms with E-state index in [2.05, 4.69) is 203 Å². The maximum atomic E-state index is 2.42. The zero-order chi connectivity index (χ0) is 33.0. The van der Waals surface area contributed by atoms with Gasteiger partial charge in [-0.2, -0.15) is 0 Å². The van der Waals surface area contributed by atoms with Crippen LogP contribution in [0.25, 0.3) is 88.4 Å². The Hall–Kier alpha value is -6.64. The molecule has 50 heavy (non-hydrogen) atoms. The van der Waals surface area contributed by atoms with Gasteiger partial charge in [0, 0.05) is 32.9 Å². The minimum Gasteiger partial charge on any atom is -0.309 e. The van der Waals surface area contributed by atoms with Gasteiger partial charge in [0.1, 0.15) is 0 Å². The summed E-state index contributed by atoms with van der Waals surface area (Å²) in [5, 5.41) is 5.03. The van der Waals surface area contributed by atoms with E-state index in [9.17, 15) is 0 Å². The molecule has 0 fully saturated rings. The van der Waals surface area contributed by atoms with E-state index in [1.807, 2.05) is 0 Å². The average Bonchev–Trinajstić information content (AvgIpc) is 3.71. The van der Waals surface area contributed by atoms with Crippen molar-refractivity contribution in [1.29, 1.82) is 0 Å². The first kappa shape index (κ1) is 28.4. The van der Waals surface area contributed by atoms with Gasteiger partial charge in [-0.3, -0.25) is 0 Å². The van der Waals surface area contributed by atoms with Crippen LogP contribution in [0, 0.1) is 0 Å². The van der Waals surface area contributed by atoms with Crippen molar-refractivity contribution in [2.45, 2.75) is 0 Å². The van der Waals surface area contributed by atoms with E-state index in [1.165, 1.54) is 82.7 Å². The summed E-state index contributed by atoms with van der Waals surface area (Å²) in [7, 11) is 0. The van der Waals surface area contributed by atoms with Crippen molar-refractivity contribution in [3.05, 3.63) is 194 Å². The highest BCUT2D eigenvalue weighted by Gasteiger charge is 2.17. The normalized spacial score (nSPS) is 11.6. The summed E-state index contributed by atoms with van der Waals surface area (Å²) < 4.78 is 4.79. The Bertz CT molecular complexity index is 2860. The molecule has 0 atom stereocenters. The predicted octanol–water partition coefficient (Wildman–Crippen LogP) is 12.9. The minimum atomic E-state index is 1.15. The second kappa shape index (κ2) is 11.5. The summed E-state index contributed by atoms with van der Waals surface area (Å²) in [6.45, 7) is 0. The number of hydrogen-bond donors (Lipinski definition) is 0. The highest BCUT2D eigenvalue weighted by molar-refractivity contribution is 6.12. The summed E-state index contributed by atoms with van der Waals surface area (Å²) in [5.74, 6) is 0. The Morgan fingerprint density at radius 1 is 0.240 bits per heavy atom. The minimum absolute atomic E-state index is 1.15. The Morgan fingerprint density at radius 3 is 1.30 bits per heavy atom. The molecule has 0 saturated carbocycles. The van der Waals surface area contributed by atoms with Gasteiger partial charge in [0.25, 0.3) is 0 Å². The van der Waals surface area contributed by atoms with Crippen molar-refractivity contribution in [3.8, 4) is 44.8 Å². The SMILES string of the molecule is c1ccc(-c2ccccc2-c2cccc(-n3c4ccccc4c4cc(-c5ccc6c(c5)c5ccccc5n6-c5ccccc5)ccc43)c2)cc1. The molecule has 0 aliphatic rings. The predicted molar refractivity (Wildman–Crippen MR) is 211 cm³/mol. The van der Waals surface area contributed by atoms with Crippen molar-refractivity contribution in [3.63, 3.8) is 0 Å². The van der Waals surface area contributed by atoms with Crippen LogP contribution in [-0.4, -0.2) is 9.13 Å². The molecule has 10 rings (SSSR count). The number of benzene rings is 8. The van der Waals surface area contributed by atoms with Crippen molar-refractivity contribution >= 4 is 43.6 Å². The summed E-state index contributed by atoms with van der Waals surface area (Å²) in [6.07, 6.45) is 0. The van der Waals surface area contributed by atoms with Gasteiger partial charge in [-0.05, 0) is 94.0 Å². The van der Waals surface area contributed by atoms with Crippen LogP contribution in [0.15, 0.2) is 194 Å². The van der Waals surface area contributed by atoms with Gasteiger partial charge >= 0.3 is 0 Å². The van der Waals surface area contributed by atoms with Crippen LogP contribution in [-0.2, 0) is 0 Å². The van der Waals surface area contributed by atoms with E-state index in [-0.39, 0.29) is 0 Å². The number of hydrogen-bond acceptors (Lipinski definition) is 0. The fraction of sp³-hybridized carbons (Fsp3) is 0. The molecule has 0 N–H and O–H groups in total. The van der Waals surface area contributed by atoms with Gasteiger partial charge in [-0.15, -0.1) is 0 Å². The third-order valence-electron chi connectivity index (χ3n) is 10.1. The first-order chi connectivity index (χ1) is 24.8. The summed E-state index contributed by atoms with van der Waals surface area (Å²) in [4.78, 5) is 0. The lowest BCUT2D eigenvalue weighted by Gasteiger charge is -2.13. The Balaban J connectivity index is 1.12. The molecule has 10 aromatic rings. The average molecular weight is 637 g/mol. The fourth-order valence-electron chi connectivity index (χ4n) is 7.86. The Morgan fingerprint density at radius 2 is 0.680 bits per heavy atom. The maximum Gasteiger partial charge on any atom is 0.0541 e. The van der Waals surface area contributed by atoms with E-state index >= 15 is 0 Å². The first-order valence-electron chi connectivity index (χ1n) is 17.2. The van der Waals surface area contributed by atoms with Crippen LogP contribution >= 0.6 is 0 Å². The molecule has 0 bridgehead atoms. The highest BCUT2D eigenvalue weighted by atomic mass is 15.0. The van der Waals surface area contributed by atoms with Gasteiger partial charge in [-0.1, -0.05) is 133 Å². The molecule has 2 heteroatoms. The molecule has 0 radical (unpaired) electrons. The van der Waals surface area contributed by atoms with E-state index < -0.39 is 0 Å². The molecule has 0 aliphatic carbocycles. The van der Waals surface area contributed by atoms with Crippen molar-refractivity contribution in [1.82, 2.24) is 9.13 Å². The quantitative estimate of drug-likeness (QED) is 0.178. The van der Waals surface area contributed by atoms with Gasteiger partial charge < -0.3 is 9.13 Å². The number of fused-ring (bicyclic) bond motifs is 6. The summed E-state index contributed by atoms with van der Waals surface area (Å²) in [6, 6.07) is 70.4. The molecule has 0 aliphatic heterocycles. The maximum absolute atomic E-state index is 2.42. The number of rotatable bonds is 5. The van der Waals surface area contributed by atoms with E-state index in [0.29, 0.717) is 0 Å². The molecular weight excluding hydrogens is 605 g/mol. The van der Waals surface area contributed by atoms with Crippen molar-refractivity contribution in [2.75, 3.05) is 0 Å². The van der Waals surface area contributed by atoms with Crippen LogP contribution < -0.4 is 0 Å². The lowest BCUT2D eigenvalue weighted by Crippen LogP contribution is -1.95. The fourth-order valence-corrected chi connectivity index (χ4v) is 7.86. The van der Waals surface area contributed by atoms with Crippen molar-refractivity contribution < 1.29 is 0 Å². The third kappa shape index (κ3) is 4.50. The van der Waals surface area contributed by atoms with Gasteiger partial charge in [0.2, 0.25) is 0 Å². The smallest absolute Gasteiger partial charge is 0.0541 e. The zero-order valence-corrected chi connectivity index (χ0v) is 27.4. The molecule has 2 nitrogen and oxygen atoms in total. The monoisotopic (exact) mass is 636 g/mol. The molecule has 2 heterocycles. The number of aromatic nitrogens is 2. The van der Waals surface area contributed by atoms with E-state index in [4.69, 9.17) is 0 Å². The molecule has 0 amide bonds. The molecule has 0 spiro atoms. The van der Waals surface area contributed by atoms with E-state index in [1.54, 1.807) is 0 Å².